The number of benzene rings is 2. The molecule has 2 heterocycles. The molecule has 0 amide bonds. The molecule has 2 aromatic heterocycles. The fourth-order valence-electron chi connectivity index (χ4n) is 2.91. The molecule has 0 bridgehead atoms. The minimum atomic E-state index is -0.364. The Morgan fingerprint density at radius 1 is 1.04 bits per heavy atom. The molecule has 5 heteroatoms. The van der Waals surface area contributed by atoms with Crippen molar-refractivity contribution in [3.63, 3.8) is 0 Å². The van der Waals surface area contributed by atoms with E-state index in [9.17, 15) is 9.59 Å². The summed E-state index contributed by atoms with van der Waals surface area (Å²) in [6.07, 6.45) is 0. The van der Waals surface area contributed by atoms with Crippen LogP contribution in [0.1, 0.15) is 10.4 Å². The molecule has 0 aliphatic heterocycles. The highest BCUT2D eigenvalue weighted by Crippen LogP contribution is 2.20. The normalized spacial score (nSPS) is 11.3. The van der Waals surface area contributed by atoms with Gasteiger partial charge in [0.15, 0.2) is 0 Å². The molecular formula is C18H14N2O2S. The number of fused-ring (bicyclic) bond motifs is 2. The summed E-state index contributed by atoms with van der Waals surface area (Å²) in [5.41, 5.74) is 0.361. The van der Waals surface area contributed by atoms with Crippen molar-refractivity contribution in [2.24, 2.45) is 0 Å². The van der Waals surface area contributed by atoms with Crippen molar-refractivity contribution in [1.82, 2.24) is 9.55 Å². The molecule has 0 atom stereocenters. The number of nitrogens with one attached hydrogen (secondary N) is 1. The number of H-pyrrole nitrogens is 1. The third-order valence-corrected chi connectivity index (χ3v) is 4.97. The molecule has 114 valence electrons. The first-order valence-electron chi connectivity index (χ1n) is 7.33. The second kappa shape index (κ2) is 5.21. The van der Waals surface area contributed by atoms with Gasteiger partial charge in [-0.3, -0.25) is 14.3 Å². The first-order chi connectivity index (χ1) is 11.1. The van der Waals surface area contributed by atoms with E-state index >= 15 is 0 Å². The van der Waals surface area contributed by atoms with Gasteiger partial charge in [-0.25, -0.2) is 4.79 Å². The van der Waals surface area contributed by atoms with Gasteiger partial charge in [0.25, 0.3) is 5.56 Å². The molecule has 0 radical (unpaired) electrons. The zero-order valence-electron chi connectivity index (χ0n) is 12.5. The quantitative estimate of drug-likeness (QED) is 0.616. The van der Waals surface area contributed by atoms with Crippen LogP contribution in [-0.2, 0) is 6.54 Å². The van der Waals surface area contributed by atoms with Crippen molar-refractivity contribution < 1.29 is 0 Å². The van der Waals surface area contributed by atoms with Gasteiger partial charge in [0.05, 0.1) is 11.9 Å². The Kier molecular flexibility index (Phi) is 3.16. The molecule has 0 spiro atoms. The predicted octanol–water partition coefficient (Wildman–Crippen LogP) is 3.26. The van der Waals surface area contributed by atoms with Gasteiger partial charge in [-0.15, -0.1) is 11.3 Å². The van der Waals surface area contributed by atoms with E-state index < -0.39 is 0 Å². The largest absolute Gasteiger partial charge is 0.329 e. The number of aryl methyl sites for hydroxylation is 1. The summed E-state index contributed by atoms with van der Waals surface area (Å²) < 4.78 is 1.27. The second-order valence-electron chi connectivity index (χ2n) is 5.56. The average Bonchev–Trinajstić information content (AvgIpc) is 2.92. The molecule has 0 saturated heterocycles. The molecule has 0 aliphatic rings. The number of rotatable bonds is 2. The first kappa shape index (κ1) is 14.0. The Morgan fingerprint density at radius 3 is 2.70 bits per heavy atom. The van der Waals surface area contributed by atoms with Crippen LogP contribution >= 0.6 is 11.3 Å². The van der Waals surface area contributed by atoms with Crippen LogP contribution in [0.3, 0.4) is 0 Å². The maximum atomic E-state index is 12.7. The fourth-order valence-corrected chi connectivity index (χ4v) is 3.81. The van der Waals surface area contributed by atoms with E-state index in [0.717, 1.165) is 21.2 Å². The zero-order chi connectivity index (χ0) is 16.0. The summed E-state index contributed by atoms with van der Waals surface area (Å²) in [7, 11) is 0. The number of hydrogen-bond donors (Lipinski definition) is 1. The molecule has 0 aliphatic carbocycles. The van der Waals surface area contributed by atoms with Crippen molar-refractivity contribution in [3.05, 3.63) is 79.8 Å². The van der Waals surface area contributed by atoms with Crippen molar-refractivity contribution in [2.75, 3.05) is 0 Å². The number of aromatic amines is 1. The SMILES string of the molecule is Cc1cc2c(=O)n(Cc3cccc4ccccc34)c(=O)[nH]c2s1. The van der Waals surface area contributed by atoms with Gasteiger partial charge in [0.1, 0.15) is 4.83 Å². The number of hydrogen-bond acceptors (Lipinski definition) is 3. The Bertz CT molecular complexity index is 1150. The second-order valence-corrected chi connectivity index (χ2v) is 6.82. The predicted molar refractivity (Wildman–Crippen MR) is 94.5 cm³/mol. The van der Waals surface area contributed by atoms with E-state index in [1.165, 1.54) is 15.9 Å². The topological polar surface area (TPSA) is 54.9 Å². The smallest absolute Gasteiger partial charge is 0.298 e. The number of thiophene rings is 1. The third-order valence-electron chi connectivity index (χ3n) is 4.00. The van der Waals surface area contributed by atoms with Crippen LogP contribution in [0.25, 0.3) is 21.0 Å². The summed E-state index contributed by atoms with van der Waals surface area (Å²) in [5.74, 6) is 0. The molecule has 4 rings (SSSR count). The monoisotopic (exact) mass is 322 g/mol. The summed E-state index contributed by atoms with van der Waals surface area (Å²) in [6.45, 7) is 2.19. The van der Waals surface area contributed by atoms with E-state index in [1.54, 1.807) is 0 Å². The van der Waals surface area contributed by atoms with Crippen LogP contribution in [-0.4, -0.2) is 9.55 Å². The van der Waals surface area contributed by atoms with Gasteiger partial charge in [-0.05, 0) is 29.3 Å². The molecule has 4 nitrogen and oxygen atoms in total. The van der Waals surface area contributed by atoms with Gasteiger partial charge in [0.2, 0.25) is 0 Å². The minimum Gasteiger partial charge on any atom is -0.298 e. The Hall–Kier alpha value is -2.66. The zero-order valence-corrected chi connectivity index (χ0v) is 13.3. The average molecular weight is 322 g/mol. The lowest BCUT2D eigenvalue weighted by Gasteiger charge is -2.08. The molecule has 23 heavy (non-hydrogen) atoms. The van der Waals surface area contributed by atoms with Crippen molar-refractivity contribution in [1.29, 1.82) is 0 Å². The van der Waals surface area contributed by atoms with Crippen LogP contribution in [0.5, 0.6) is 0 Å². The van der Waals surface area contributed by atoms with Gasteiger partial charge in [-0.2, -0.15) is 0 Å². The standard InChI is InChI=1S/C18H14N2O2S/c1-11-9-15-16(23-11)19-18(22)20(17(15)21)10-13-7-4-6-12-5-2-3-8-14(12)13/h2-9H,10H2,1H3,(H,19,22). The van der Waals surface area contributed by atoms with E-state index in [4.69, 9.17) is 0 Å². The lowest BCUT2D eigenvalue weighted by atomic mass is 10.0. The first-order valence-corrected chi connectivity index (χ1v) is 8.15. The number of aromatic nitrogens is 2. The Morgan fingerprint density at radius 2 is 1.83 bits per heavy atom. The molecule has 0 fully saturated rings. The molecule has 0 saturated carbocycles. The van der Waals surface area contributed by atoms with E-state index in [1.807, 2.05) is 55.5 Å². The van der Waals surface area contributed by atoms with Gasteiger partial charge < -0.3 is 0 Å². The maximum Gasteiger partial charge on any atom is 0.329 e. The highest BCUT2D eigenvalue weighted by Gasteiger charge is 2.11. The summed E-state index contributed by atoms with van der Waals surface area (Å²) in [5, 5.41) is 2.73. The lowest BCUT2D eigenvalue weighted by molar-refractivity contribution is 0.716. The molecule has 2 aromatic carbocycles. The molecule has 0 unspecified atom stereocenters. The van der Waals surface area contributed by atoms with E-state index in [2.05, 4.69) is 4.98 Å². The number of nitrogens with zero attached hydrogens (tertiary/aromatic N) is 1. The molecular weight excluding hydrogens is 308 g/mol. The van der Waals surface area contributed by atoms with Crippen LogP contribution in [0, 0.1) is 6.92 Å². The molecule has 1 N–H and O–H groups in total. The molecule has 4 aromatic rings. The van der Waals surface area contributed by atoms with Crippen molar-refractivity contribution in [3.8, 4) is 0 Å². The maximum absolute atomic E-state index is 12.7. The van der Waals surface area contributed by atoms with Crippen LogP contribution in [0.4, 0.5) is 0 Å². The Balaban J connectivity index is 1.93. The van der Waals surface area contributed by atoms with Crippen LogP contribution in [0.2, 0.25) is 0 Å². The lowest BCUT2D eigenvalue weighted by Crippen LogP contribution is -2.34. The van der Waals surface area contributed by atoms with Crippen LogP contribution in [0.15, 0.2) is 58.1 Å². The minimum absolute atomic E-state index is 0.235. The van der Waals surface area contributed by atoms with Gasteiger partial charge >= 0.3 is 5.69 Å². The van der Waals surface area contributed by atoms with E-state index in [0.29, 0.717) is 10.2 Å². The Labute approximate surface area is 135 Å². The summed E-state index contributed by atoms with van der Waals surface area (Å²) in [4.78, 5) is 29.4. The third kappa shape index (κ3) is 2.29. The highest BCUT2D eigenvalue weighted by atomic mass is 32.1. The van der Waals surface area contributed by atoms with Crippen molar-refractivity contribution in [2.45, 2.75) is 13.5 Å². The fraction of sp³-hybridized carbons (Fsp3) is 0.111. The van der Waals surface area contributed by atoms with Crippen molar-refractivity contribution >= 4 is 32.3 Å². The van der Waals surface area contributed by atoms with E-state index in [-0.39, 0.29) is 17.8 Å². The van der Waals surface area contributed by atoms with Gasteiger partial charge in [-0.1, -0.05) is 42.5 Å². The van der Waals surface area contributed by atoms with Gasteiger partial charge in [0, 0.05) is 4.88 Å². The summed E-state index contributed by atoms with van der Waals surface area (Å²) in [6, 6.07) is 15.7. The van der Waals surface area contributed by atoms with Crippen LogP contribution < -0.4 is 11.2 Å². The highest BCUT2D eigenvalue weighted by molar-refractivity contribution is 7.18. The summed E-state index contributed by atoms with van der Waals surface area (Å²) >= 11 is 1.43.